The van der Waals surface area contributed by atoms with Crippen molar-refractivity contribution in [1.29, 1.82) is 5.26 Å². The molecule has 0 aromatic heterocycles. The van der Waals surface area contributed by atoms with Gasteiger partial charge in [-0.3, -0.25) is 0 Å². The molecular weight excluding hydrogens is 142 g/mol. The minimum atomic E-state index is -0.156. The fraction of sp³-hybridized carbons (Fsp3) is 0.750. The predicted octanol–water partition coefficient (Wildman–Crippen LogP) is 1.40. The number of unbranched alkanes of at least 4 members (excludes halogenated alkanes) is 1. The summed E-state index contributed by atoms with van der Waals surface area (Å²) < 4.78 is 4.36. The van der Waals surface area contributed by atoms with Crippen molar-refractivity contribution in [2.24, 2.45) is 5.92 Å². The van der Waals surface area contributed by atoms with Crippen LogP contribution in [0.3, 0.4) is 0 Å². The molecule has 61 valence electrons. The molecule has 0 amide bonds. The fourth-order valence-corrected chi connectivity index (χ4v) is 0.770. The molecule has 3 nitrogen and oxygen atoms in total. The van der Waals surface area contributed by atoms with Gasteiger partial charge in [-0.2, -0.15) is 5.26 Å². The average Bonchev–Trinajstić information content (AvgIpc) is 2.05. The Morgan fingerprint density at radius 2 is 2.36 bits per heavy atom. The second-order valence-corrected chi connectivity index (χ2v) is 2.36. The van der Waals surface area contributed by atoms with E-state index in [1.54, 1.807) is 0 Å². The highest BCUT2D eigenvalue weighted by Crippen LogP contribution is 2.06. The molecule has 0 N–H and O–H groups in total. The average molecular weight is 154 g/mol. The number of nitrogens with zero attached hydrogens (tertiary/aromatic N) is 1. The molecule has 0 aliphatic rings. The van der Waals surface area contributed by atoms with Crippen molar-refractivity contribution in [1.82, 2.24) is 0 Å². The van der Waals surface area contributed by atoms with Gasteiger partial charge in [0.25, 0.3) is 0 Å². The lowest BCUT2D eigenvalue weighted by Crippen LogP contribution is -2.06. The highest BCUT2D eigenvalue weighted by atomic mass is 16.5. The molecule has 0 rings (SSSR count). The number of rotatable bonds is 6. The predicted molar refractivity (Wildman–Crippen MR) is 40.3 cm³/mol. The van der Waals surface area contributed by atoms with E-state index in [2.05, 4.69) is 17.7 Å². The maximum absolute atomic E-state index is 9.64. The molecule has 0 bridgehead atoms. The van der Waals surface area contributed by atoms with Gasteiger partial charge in [0.05, 0.1) is 12.0 Å². The minimum Gasteiger partial charge on any atom is -0.456 e. The van der Waals surface area contributed by atoms with Crippen LogP contribution in [0, 0.1) is 17.2 Å². The molecule has 0 aromatic carbocycles. The summed E-state index contributed by atoms with van der Waals surface area (Å²) in [5.41, 5.74) is 0. The zero-order chi connectivity index (χ0) is 8.53. The van der Waals surface area contributed by atoms with E-state index in [9.17, 15) is 4.79 Å². The van der Waals surface area contributed by atoms with Gasteiger partial charge in [-0.15, -0.1) is 0 Å². The van der Waals surface area contributed by atoms with Gasteiger partial charge in [0.1, 0.15) is 6.61 Å². The first-order chi connectivity index (χ1) is 5.35. The summed E-state index contributed by atoms with van der Waals surface area (Å²) in [4.78, 5) is 9.64. The zero-order valence-corrected chi connectivity index (χ0v) is 6.67. The Morgan fingerprint density at radius 1 is 1.64 bits per heavy atom. The van der Waals surface area contributed by atoms with Gasteiger partial charge in [0.15, 0.2) is 0 Å². The molecule has 3 heteroatoms. The standard InChI is InChI=1S/C8H12NO2/c1-2-3-4-8(5-9)6-11-7-10/h8H,2-4,6H2,1H3. The van der Waals surface area contributed by atoms with Gasteiger partial charge in [-0.1, -0.05) is 19.8 Å². The quantitative estimate of drug-likeness (QED) is 0.581. The first kappa shape index (κ1) is 9.96. The Morgan fingerprint density at radius 3 is 2.82 bits per heavy atom. The summed E-state index contributed by atoms with van der Waals surface area (Å²) in [5, 5.41) is 8.52. The third-order valence-corrected chi connectivity index (χ3v) is 1.43. The molecule has 0 saturated heterocycles. The van der Waals surface area contributed by atoms with E-state index in [0.29, 0.717) is 0 Å². The van der Waals surface area contributed by atoms with Crippen LogP contribution in [-0.2, 0) is 9.53 Å². The van der Waals surface area contributed by atoms with Gasteiger partial charge in [-0.25, -0.2) is 4.79 Å². The monoisotopic (exact) mass is 154 g/mol. The van der Waals surface area contributed by atoms with Crippen LogP contribution in [0.1, 0.15) is 26.2 Å². The molecule has 1 unspecified atom stereocenters. The summed E-state index contributed by atoms with van der Waals surface area (Å²) >= 11 is 0. The largest absolute Gasteiger partial charge is 0.456 e. The second-order valence-electron chi connectivity index (χ2n) is 2.36. The third kappa shape index (κ3) is 5.41. The van der Waals surface area contributed by atoms with E-state index in [-0.39, 0.29) is 12.5 Å². The molecule has 0 aliphatic carbocycles. The Kier molecular flexibility index (Phi) is 6.40. The number of ether oxygens (including phenoxy) is 1. The lowest BCUT2D eigenvalue weighted by atomic mass is 10.1. The Bertz CT molecular complexity index is 140. The van der Waals surface area contributed by atoms with E-state index >= 15 is 0 Å². The van der Waals surface area contributed by atoms with Gasteiger partial charge >= 0.3 is 6.47 Å². The normalized spacial score (nSPS) is 11.6. The minimum absolute atomic E-state index is 0.156. The SMILES string of the molecule is CCCCC(C#N)CO[C]=O. The first-order valence-corrected chi connectivity index (χ1v) is 3.73. The first-order valence-electron chi connectivity index (χ1n) is 3.73. The van der Waals surface area contributed by atoms with Gasteiger partial charge < -0.3 is 4.74 Å². The molecular formula is C8H12NO2. The van der Waals surface area contributed by atoms with E-state index in [1.165, 1.54) is 6.47 Å². The summed E-state index contributed by atoms with van der Waals surface area (Å²) in [6, 6.07) is 2.07. The van der Waals surface area contributed by atoms with E-state index in [1.807, 2.05) is 0 Å². The molecule has 1 atom stereocenters. The van der Waals surface area contributed by atoms with Crippen molar-refractivity contribution in [3.63, 3.8) is 0 Å². The maximum Gasteiger partial charge on any atom is 0.417 e. The fourth-order valence-electron chi connectivity index (χ4n) is 0.770. The molecule has 11 heavy (non-hydrogen) atoms. The Hall–Kier alpha value is -1.04. The van der Waals surface area contributed by atoms with Gasteiger partial charge in [0.2, 0.25) is 0 Å². The topological polar surface area (TPSA) is 50.1 Å². The lowest BCUT2D eigenvalue weighted by Gasteiger charge is -2.04. The van der Waals surface area contributed by atoms with Crippen molar-refractivity contribution in [3.05, 3.63) is 0 Å². The van der Waals surface area contributed by atoms with Crippen LogP contribution in [-0.4, -0.2) is 13.1 Å². The van der Waals surface area contributed by atoms with Crippen molar-refractivity contribution in [3.8, 4) is 6.07 Å². The summed E-state index contributed by atoms with van der Waals surface area (Å²) in [6.07, 6.45) is 2.86. The Balaban J connectivity index is 3.43. The molecule has 0 aliphatic heterocycles. The van der Waals surface area contributed by atoms with Crippen molar-refractivity contribution >= 4 is 6.47 Å². The van der Waals surface area contributed by atoms with Crippen LogP contribution in [0.5, 0.6) is 0 Å². The van der Waals surface area contributed by atoms with Gasteiger partial charge in [-0.05, 0) is 6.42 Å². The van der Waals surface area contributed by atoms with Crippen LogP contribution < -0.4 is 0 Å². The lowest BCUT2D eigenvalue weighted by molar-refractivity contribution is 0.240. The van der Waals surface area contributed by atoms with Crippen molar-refractivity contribution in [2.75, 3.05) is 6.61 Å². The Labute approximate surface area is 67.0 Å². The smallest absolute Gasteiger partial charge is 0.417 e. The highest BCUT2D eigenvalue weighted by Gasteiger charge is 2.06. The van der Waals surface area contributed by atoms with E-state index in [4.69, 9.17) is 5.26 Å². The molecule has 0 fully saturated rings. The summed E-state index contributed by atoms with van der Waals surface area (Å²) in [5.74, 6) is -0.156. The van der Waals surface area contributed by atoms with Crippen molar-refractivity contribution in [2.45, 2.75) is 26.2 Å². The second kappa shape index (κ2) is 7.07. The summed E-state index contributed by atoms with van der Waals surface area (Å²) in [6.45, 7) is 3.55. The number of carbonyl (C=O) groups excluding carboxylic acids is 1. The van der Waals surface area contributed by atoms with Crippen LogP contribution in [0.4, 0.5) is 0 Å². The molecule has 0 heterocycles. The van der Waals surface area contributed by atoms with Crippen LogP contribution in [0.25, 0.3) is 0 Å². The summed E-state index contributed by atoms with van der Waals surface area (Å²) in [7, 11) is 0. The maximum atomic E-state index is 9.64. The van der Waals surface area contributed by atoms with Crippen LogP contribution >= 0.6 is 0 Å². The number of nitriles is 1. The number of hydrogen-bond donors (Lipinski definition) is 0. The molecule has 0 aromatic rings. The zero-order valence-electron chi connectivity index (χ0n) is 6.67. The highest BCUT2D eigenvalue weighted by molar-refractivity contribution is 5.38. The van der Waals surface area contributed by atoms with E-state index in [0.717, 1.165) is 19.3 Å². The molecule has 0 spiro atoms. The van der Waals surface area contributed by atoms with Crippen molar-refractivity contribution < 1.29 is 9.53 Å². The third-order valence-electron chi connectivity index (χ3n) is 1.43. The van der Waals surface area contributed by atoms with Crippen LogP contribution in [0.2, 0.25) is 0 Å². The van der Waals surface area contributed by atoms with E-state index < -0.39 is 0 Å². The molecule has 0 saturated carbocycles. The number of hydrogen-bond acceptors (Lipinski definition) is 3. The van der Waals surface area contributed by atoms with Gasteiger partial charge in [0, 0.05) is 0 Å². The van der Waals surface area contributed by atoms with Crippen LogP contribution in [0.15, 0.2) is 0 Å². The molecule has 1 radical (unpaired) electrons.